The molecule has 2 aromatic rings. The van der Waals surface area contributed by atoms with Crippen LogP contribution in [0.2, 0.25) is 0 Å². The summed E-state index contributed by atoms with van der Waals surface area (Å²) in [5, 5.41) is 0. The van der Waals surface area contributed by atoms with Crippen molar-refractivity contribution in [3.05, 3.63) is 59.2 Å². The zero-order valence-electron chi connectivity index (χ0n) is 10.2. The van der Waals surface area contributed by atoms with E-state index in [4.69, 9.17) is 11.5 Å². The van der Waals surface area contributed by atoms with Gasteiger partial charge in [0.15, 0.2) is 0 Å². The van der Waals surface area contributed by atoms with Crippen LogP contribution in [0.15, 0.2) is 46.2 Å². The van der Waals surface area contributed by atoms with Crippen LogP contribution < -0.4 is 11.5 Å². The summed E-state index contributed by atoms with van der Waals surface area (Å²) in [5.74, 6) is -0.623. The van der Waals surface area contributed by atoms with Crippen molar-refractivity contribution in [1.82, 2.24) is 0 Å². The van der Waals surface area contributed by atoms with Crippen molar-refractivity contribution < 1.29 is 8.78 Å². The van der Waals surface area contributed by atoms with Gasteiger partial charge in [-0.2, -0.15) is 0 Å². The highest BCUT2D eigenvalue weighted by atomic mass is 32.2. The summed E-state index contributed by atoms with van der Waals surface area (Å²) in [5.41, 5.74) is 11.9. The molecule has 2 rings (SSSR count). The fourth-order valence-corrected chi connectivity index (χ4v) is 2.62. The van der Waals surface area contributed by atoms with Crippen molar-refractivity contribution in [2.45, 2.75) is 22.9 Å². The third-order valence-electron chi connectivity index (χ3n) is 2.71. The molecule has 5 heteroatoms. The second-order valence-corrected chi connectivity index (χ2v) is 5.16. The molecule has 4 N–H and O–H groups in total. The number of rotatable bonds is 4. The lowest BCUT2D eigenvalue weighted by atomic mass is 10.2. The molecule has 0 unspecified atom stereocenters. The molecule has 0 fully saturated rings. The van der Waals surface area contributed by atoms with Gasteiger partial charge in [0.1, 0.15) is 11.6 Å². The predicted octanol–water partition coefficient (Wildman–Crippen LogP) is 3.03. The Balaban J connectivity index is 2.25. The van der Waals surface area contributed by atoms with Crippen LogP contribution in [0.1, 0.15) is 11.1 Å². The Bertz CT molecular complexity index is 536. The molecule has 0 bridgehead atoms. The Morgan fingerprint density at radius 2 is 1.21 bits per heavy atom. The first kappa shape index (κ1) is 14.0. The molecule has 0 aromatic heterocycles. The van der Waals surface area contributed by atoms with Crippen LogP contribution in [0.3, 0.4) is 0 Å². The molecule has 0 aliphatic carbocycles. The van der Waals surface area contributed by atoms with Gasteiger partial charge in [-0.15, -0.1) is 0 Å². The zero-order chi connectivity index (χ0) is 13.8. The topological polar surface area (TPSA) is 52.0 Å². The minimum Gasteiger partial charge on any atom is -0.326 e. The summed E-state index contributed by atoms with van der Waals surface area (Å²) >= 11 is 1.42. The predicted molar refractivity (Wildman–Crippen MR) is 72.7 cm³/mol. The first-order chi connectivity index (χ1) is 9.13. The van der Waals surface area contributed by atoms with E-state index in [1.807, 2.05) is 0 Å². The second kappa shape index (κ2) is 6.14. The lowest BCUT2D eigenvalue weighted by Crippen LogP contribution is -2.00. The molecule has 0 saturated carbocycles. The van der Waals surface area contributed by atoms with E-state index in [1.54, 1.807) is 24.3 Å². The van der Waals surface area contributed by atoms with Gasteiger partial charge in [0, 0.05) is 34.0 Å². The number of nitrogens with two attached hydrogens (primary N) is 2. The maximum absolute atomic E-state index is 13.3. The molecule has 2 nitrogen and oxygen atoms in total. The SMILES string of the molecule is NCc1cc(Sc2ccc(F)c(CN)c2)ccc1F. The first-order valence-corrected chi connectivity index (χ1v) is 6.60. The highest BCUT2D eigenvalue weighted by molar-refractivity contribution is 7.99. The summed E-state index contributed by atoms with van der Waals surface area (Å²) in [6, 6.07) is 9.52. The quantitative estimate of drug-likeness (QED) is 0.905. The monoisotopic (exact) mass is 280 g/mol. The van der Waals surface area contributed by atoms with Crippen LogP contribution in [-0.4, -0.2) is 0 Å². The maximum atomic E-state index is 13.3. The molecule has 2 aromatic carbocycles. The number of halogens is 2. The molecule has 0 radical (unpaired) electrons. The number of benzene rings is 2. The molecule has 0 aliphatic heterocycles. The number of hydrogen-bond acceptors (Lipinski definition) is 3. The third kappa shape index (κ3) is 3.32. The Kier molecular flexibility index (Phi) is 4.52. The fourth-order valence-electron chi connectivity index (χ4n) is 1.68. The van der Waals surface area contributed by atoms with Gasteiger partial charge >= 0.3 is 0 Å². The third-order valence-corrected chi connectivity index (χ3v) is 3.69. The normalized spacial score (nSPS) is 10.7. The average molecular weight is 280 g/mol. The second-order valence-electron chi connectivity index (χ2n) is 4.02. The van der Waals surface area contributed by atoms with E-state index >= 15 is 0 Å². The van der Waals surface area contributed by atoms with Gasteiger partial charge in [0.25, 0.3) is 0 Å². The molecule has 0 atom stereocenters. The molecule has 0 aliphatic rings. The molecular formula is C14H14F2N2S. The van der Waals surface area contributed by atoms with Gasteiger partial charge < -0.3 is 11.5 Å². The highest BCUT2D eigenvalue weighted by Crippen LogP contribution is 2.30. The van der Waals surface area contributed by atoms with Gasteiger partial charge in [-0.1, -0.05) is 11.8 Å². The maximum Gasteiger partial charge on any atom is 0.127 e. The minimum absolute atomic E-state index is 0.150. The smallest absolute Gasteiger partial charge is 0.127 e. The Morgan fingerprint density at radius 1 is 0.789 bits per heavy atom. The van der Waals surface area contributed by atoms with Crippen molar-refractivity contribution in [3.63, 3.8) is 0 Å². The summed E-state index contributed by atoms with van der Waals surface area (Å²) in [7, 11) is 0. The summed E-state index contributed by atoms with van der Waals surface area (Å²) < 4.78 is 26.6. The zero-order valence-corrected chi connectivity index (χ0v) is 11.0. The van der Waals surface area contributed by atoms with Gasteiger partial charge in [-0.05, 0) is 36.4 Å². The van der Waals surface area contributed by atoms with Gasteiger partial charge in [0.05, 0.1) is 0 Å². The van der Waals surface area contributed by atoms with Crippen LogP contribution in [-0.2, 0) is 13.1 Å². The van der Waals surface area contributed by atoms with Gasteiger partial charge in [-0.25, -0.2) is 8.78 Å². The van der Waals surface area contributed by atoms with E-state index in [0.29, 0.717) is 11.1 Å². The Morgan fingerprint density at radius 3 is 1.58 bits per heavy atom. The summed E-state index contributed by atoms with van der Waals surface area (Å²) in [6.45, 7) is 0.301. The lowest BCUT2D eigenvalue weighted by molar-refractivity contribution is 0.609. The standard InChI is InChI=1S/C14H14F2N2S/c15-13-3-1-11(5-9(13)7-17)19-12-2-4-14(16)10(6-12)8-18/h1-6H,7-8,17-18H2. The van der Waals surface area contributed by atoms with Crippen molar-refractivity contribution in [3.8, 4) is 0 Å². The van der Waals surface area contributed by atoms with E-state index in [-0.39, 0.29) is 24.7 Å². The summed E-state index contributed by atoms with van der Waals surface area (Å²) in [4.78, 5) is 1.72. The first-order valence-electron chi connectivity index (χ1n) is 5.79. The number of hydrogen-bond donors (Lipinski definition) is 2. The van der Waals surface area contributed by atoms with E-state index < -0.39 is 0 Å². The molecule has 0 saturated heterocycles. The average Bonchev–Trinajstić information content (AvgIpc) is 2.43. The van der Waals surface area contributed by atoms with Crippen molar-refractivity contribution in [2.75, 3.05) is 0 Å². The van der Waals surface area contributed by atoms with Crippen LogP contribution in [0.25, 0.3) is 0 Å². The van der Waals surface area contributed by atoms with E-state index in [0.717, 1.165) is 9.79 Å². The molecule has 0 spiro atoms. The Labute approximate surface area is 114 Å². The van der Waals surface area contributed by atoms with Crippen LogP contribution in [0.4, 0.5) is 8.78 Å². The Hall–Kier alpha value is -1.43. The molecular weight excluding hydrogens is 266 g/mol. The largest absolute Gasteiger partial charge is 0.326 e. The molecule has 19 heavy (non-hydrogen) atoms. The highest BCUT2D eigenvalue weighted by Gasteiger charge is 2.06. The molecule has 0 heterocycles. The minimum atomic E-state index is -0.311. The molecule has 100 valence electrons. The van der Waals surface area contributed by atoms with Gasteiger partial charge in [-0.3, -0.25) is 0 Å². The van der Waals surface area contributed by atoms with E-state index in [2.05, 4.69) is 0 Å². The van der Waals surface area contributed by atoms with Gasteiger partial charge in [0.2, 0.25) is 0 Å². The lowest BCUT2D eigenvalue weighted by Gasteiger charge is -2.07. The fraction of sp³-hybridized carbons (Fsp3) is 0.143. The van der Waals surface area contributed by atoms with E-state index in [9.17, 15) is 8.78 Å². The van der Waals surface area contributed by atoms with Crippen LogP contribution >= 0.6 is 11.8 Å². The molecule has 0 amide bonds. The van der Waals surface area contributed by atoms with Crippen LogP contribution in [0, 0.1) is 11.6 Å². The van der Waals surface area contributed by atoms with Crippen molar-refractivity contribution >= 4 is 11.8 Å². The van der Waals surface area contributed by atoms with Crippen molar-refractivity contribution in [2.24, 2.45) is 11.5 Å². The van der Waals surface area contributed by atoms with E-state index in [1.165, 1.54) is 23.9 Å². The van der Waals surface area contributed by atoms with Crippen LogP contribution in [0.5, 0.6) is 0 Å². The summed E-state index contributed by atoms with van der Waals surface area (Å²) in [6.07, 6.45) is 0. The van der Waals surface area contributed by atoms with Crippen molar-refractivity contribution in [1.29, 1.82) is 0 Å².